The van der Waals surface area contributed by atoms with Crippen molar-refractivity contribution in [2.75, 3.05) is 6.61 Å². The van der Waals surface area contributed by atoms with Gasteiger partial charge in [-0.25, -0.2) is 4.79 Å². The van der Waals surface area contributed by atoms with Crippen molar-refractivity contribution in [2.24, 2.45) is 5.41 Å². The molecule has 0 aromatic rings. The van der Waals surface area contributed by atoms with Gasteiger partial charge in [-0.05, 0) is 34.6 Å². The van der Waals surface area contributed by atoms with Crippen LogP contribution in [0.25, 0.3) is 0 Å². The molecule has 0 amide bonds. The average molecular weight is 340 g/mol. The van der Waals surface area contributed by atoms with Crippen molar-refractivity contribution in [3.8, 4) is 0 Å². The first-order valence-corrected chi connectivity index (χ1v) is 7.25. The number of ether oxygens (including phenoxy) is 2. The molecule has 0 aromatic heterocycles. The van der Waals surface area contributed by atoms with Gasteiger partial charge in [0.2, 0.25) is 0 Å². The summed E-state index contributed by atoms with van der Waals surface area (Å²) < 4.78 is 48.8. The third-order valence-corrected chi connectivity index (χ3v) is 4.53. The zero-order chi connectivity index (χ0) is 18.9. The molecule has 0 aromatic carbocycles. The molecule has 0 fully saturated rings. The zero-order valence-corrected chi connectivity index (χ0v) is 14.8. The first kappa shape index (κ1) is 21.9. The second-order valence-corrected chi connectivity index (χ2v) is 7.12. The standard InChI is InChI=1S/C16H27F3O4/c1-10(2)12(20)23-11(3)13(4,5)14(6,7)22-9-15(8,21)16(17,18)19/h11,21H,1,9H2,2-8H3. The van der Waals surface area contributed by atoms with Crippen LogP contribution < -0.4 is 0 Å². The molecule has 0 aliphatic carbocycles. The highest BCUT2D eigenvalue weighted by molar-refractivity contribution is 5.87. The minimum atomic E-state index is -4.80. The van der Waals surface area contributed by atoms with E-state index in [1.165, 1.54) is 6.92 Å². The van der Waals surface area contributed by atoms with Gasteiger partial charge in [0.05, 0.1) is 12.2 Å². The molecule has 0 rings (SSSR count). The van der Waals surface area contributed by atoms with Gasteiger partial charge in [0.25, 0.3) is 0 Å². The average Bonchev–Trinajstić information content (AvgIpc) is 2.34. The fraction of sp³-hybridized carbons (Fsp3) is 0.812. The molecule has 2 unspecified atom stereocenters. The predicted octanol–water partition coefficient (Wildman–Crippen LogP) is 3.63. The smallest absolute Gasteiger partial charge is 0.419 e. The summed E-state index contributed by atoms with van der Waals surface area (Å²) in [4.78, 5) is 11.6. The van der Waals surface area contributed by atoms with Crippen LogP contribution in [0.15, 0.2) is 12.2 Å². The van der Waals surface area contributed by atoms with Gasteiger partial charge in [-0.1, -0.05) is 20.4 Å². The third-order valence-electron chi connectivity index (χ3n) is 4.53. The molecule has 2 atom stereocenters. The highest BCUT2D eigenvalue weighted by atomic mass is 19.4. The lowest BCUT2D eigenvalue weighted by Crippen LogP contribution is -2.54. The normalized spacial score (nSPS) is 17.3. The maximum Gasteiger partial charge on any atom is 0.419 e. The van der Waals surface area contributed by atoms with Crippen molar-refractivity contribution in [3.63, 3.8) is 0 Å². The Hall–Kier alpha value is -1.08. The quantitative estimate of drug-likeness (QED) is 0.568. The van der Waals surface area contributed by atoms with Crippen molar-refractivity contribution in [1.82, 2.24) is 0 Å². The van der Waals surface area contributed by atoms with Gasteiger partial charge >= 0.3 is 12.1 Å². The molecule has 1 N–H and O–H groups in total. The summed E-state index contributed by atoms with van der Waals surface area (Å²) in [5.74, 6) is -0.580. The van der Waals surface area contributed by atoms with E-state index < -0.39 is 41.5 Å². The molecule has 0 radical (unpaired) electrons. The number of halogens is 3. The fourth-order valence-electron chi connectivity index (χ4n) is 1.49. The molecule has 0 heterocycles. The van der Waals surface area contributed by atoms with Crippen LogP contribution in [0.4, 0.5) is 13.2 Å². The number of esters is 1. The Morgan fingerprint density at radius 1 is 1.17 bits per heavy atom. The first-order chi connectivity index (χ1) is 9.96. The van der Waals surface area contributed by atoms with Gasteiger partial charge in [-0.15, -0.1) is 0 Å². The van der Waals surface area contributed by atoms with Gasteiger partial charge in [0, 0.05) is 11.0 Å². The summed E-state index contributed by atoms with van der Waals surface area (Å²) in [5.41, 5.74) is -4.65. The van der Waals surface area contributed by atoms with Crippen molar-refractivity contribution in [2.45, 2.75) is 71.9 Å². The van der Waals surface area contributed by atoms with Crippen LogP contribution in [0.1, 0.15) is 48.5 Å². The lowest BCUT2D eigenvalue weighted by molar-refractivity contribution is -0.283. The Morgan fingerprint density at radius 2 is 1.61 bits per heavy atom. The predicted molar refractivity (Wildman–Crippen MR) is 80.9 cm³/mol. The maximum absolute atomic E-state index is 12.7. The van der Waals surface area contributed by atoms with E-state index in [0.29, 0.717) is 6.92 Å². The molecule has 0 saturated carbocycles. The second kappa shape index (κ2) is 6.81. The molecule has 136 valence electrons. The Kier molecular flexibility index (Phi) is 6.49. The van der Waals surface area contributed by atoms with E-state index in [9.17, 15) is 23.1 Å². The Labute approximate surface area is 135 Å². The summed E-state index contributed by atoms with van der Waals surface area (Å²) in [6, 6.07) is 0. The zero-order valence-electron chi connectivity index (χ0n) is 14.8. The number of alkyl halides is 3. The lowest BCUT2D eigenvalue weighted by atomic mass is 9.73. The molecular formula is C16H27F3O4. The second-order valence-electron chi connectivity index (χ2n) is 7.12. The van der Waals surface area contributed by atoms with E-state index in [2.05, 4.69) is 6.58 Å². The Balaban J connectivity index is 5.10. The number of hydrogen-bond donors (Lipinski definition) is 1. The molecule has 0 aliphatic heterocycles. The van der Waals surface area contributed by atoms with Gasteiger partial charge in [0.15, 0.2) is 5.60 Å². The third kappa shape index (κ3) is 5.21. The lowest BCUT2D eigenvalue weighted by Gasteiger charge is -2.45. The number of carbonyl (C=O) groups is 1. The molecule has 0 spiro atoms. The summed E-state index contributed by atoms with van der Waals surface area (Å²) in [7, 11) is 0. The van der Waals surface area contributed by atoms with Crippen LogP contribution in [-0.4, -0.2) is 41.2 Å². The molecule has 7 heteroatoms. The van der Waals surface area contributed by atoms with E-state index >= 15 is 0 Å². The molecule has 4 nitrogen and oxygen atoms in total. The highest BCUT2D eigenvalue weighted by Crippen LogP contribution is 2.40. The van der Waals surface area contributed by atoms with Gasteiger partial charge in [0.1, 0.15) is 6.10 Å². The maximum atomic E-state index is 12.7. The largest absolute Gasteiger partial charge is 0.459 e. The Bertz CT molecular complexity index is 451. The minimum Gasteiger partial charge on any atom is -0.459 e. The Morgan fingerprint density at radius 3 is 1.96 bits per heavy atom. The van der Waals surface area contributed by atoms with Crippen molar-refractivity contribution in [3.05, 3.63) is 12.2 Å². The van der Waals surface area contributed by atoms with Crippen molar-refractivity contribution >= 4 is 5.97 Å². The minimum absolute atomic E-state index is 0.228. The topological polar surface area (TPSA) is 55.8 Å². The monoisotopic (exact) mass is 340 g/mol. The van der Waals surface area contributed by atoms with Crippen LogP contribution in [0, 0.1) is 5.41 Å². The molecule has 23 heavy (non-hydrogen) atoms. The van der Waals surface area contributed by atoms with E-state index in [4.69, 9.17) is 9.47 Å². The van der Waals surface area contributed by atoms with E-state index in [1.807, 2.05) is 0 Å². The summed E-state index contributed by atoms with van der Waals surface area (Å²) in [6.45, 7) is 13.0. The number of aliphatic hydroxyl groups is 1. The molecule has 0 aliphatic rings. The first-order valence-electron chi connectivity index (χ1n) is 7.25. The fourth-order valence-corrected chi connectivity index (χ4v) is 1.49. The number of rotatable bonds is 7. The highest BCUT2D eigenvalue weighted by Gasteiger charge is 2.52. The number of carbonyl (C=O) groups excluding carboxylic acids is 1. The molecule has 0 bridgehead atoms. The molecule has 0 saturated heterocycles. The summed E-state index contributed by atoms with van der Waals surface area (Å²) in [6.07, 6.45) is -5.44. The van der Waals surface area contributed by atoms with Crippen molar-refractivity contribution < 1.29 is 32.5 Å². The van der Waals surface area contributed by atoms with Crippen LogP contribution in [-0.2, 0) is 14.3 Å². The van der Waals surface area contributed by atoms with Crippen molar-refractivity contribution in [1.29, 1.82) is 0 Å². The van der Waals surface area contributed by atoms with Gasteiger partial charge in [-0.3, -0.25) is 0 Å². The van der Waals surface area contributed by atoms with Crippen LogP contribution in [0.3, 0.4) is 0 Å². The van der Waals surface area contributed by atoms with Crippen LogP contribution >= 0.6 is 0 Å². The summed E-state index contributed by atoms with van der Waals surface area (Å²) in [5, 5.41) is 9.49. The SMILES string of the molecule is C=C(C)C(=O)OC(C)C(C)(C)C(C)(C)OCC(C)(O)C(F)(F)F. The number of hydrogen-bond acceptors (Lipinski definition) is 4. The van der Waals surface area contributed by atoms with Gasteiger partial charge < -0.3 is 14.6 Å². The summed E-state index contributed by atoms with van der Waals surface area (Å²) >= 11 is 0. The van der Waals surface area contributed by atoms with E-state index in [-0.39, 0.29) is 5.57 Å². The van der Waals surface area contributed by atoms with E-state index in [1.54, 1.807) is 34.6 Å². The van der Waals surface area contributed by atoms with E-state index in [0.717, 1.165) is 0 Å². The molecular weight excluding hydrogens is 313 g/mol. The van der Waals surface area contributed by atoms with Gasteiger partial charge in [-0.2, -0.15) is 13.2 Å². The van der Waals surface area contributed by atoms with Crippen LogP contribution in [0.5, 0.6) is 0 Å². The van der Waals surface area contributed by atoms with Crippen LogP contribution in [0.2, 0.25) is 0 Å².